The van der Waals surface area contributed by atoms with Crippen LogP contribution in [0.4, 0.5) is 5.69 Å². The normalized spacial score (nSPS) is 10.7. The van der Waals surface area contributed by atoms with Crippen LogP contribution >= 0.6 is 0 Å². The molecule has 2 amide bonds. The molecule has 7 heteroatoms. The van der Waals surface area contributed by atoms with Gasteiger partial charge in [-0.2, -0.15) is 0 Å². The molecule has 144 valence electrons. The fraction of sp³-hybridized carbons (Fsp3) is 0.350. The van der Waals surface area contributed by atoms with Gasteiger partial charge in [-0.05, 0) is 43.5 Å². The number of carboxylic acids is 1. The number of carbonyl (C=O) groups excluding carboxylic acids is 2. The van der Waals surface area contributed by atoms with Crippen LogP contribution in [-0.4, -0.2) is 29.4 Å². The molecule has 0 atom stereocenters. The summed E-state index contributed by atoms with van der Waals surface area (Å²) in [6.07, 6.45) is 0.993. The van der Waals surface area contributed by atoms with Crippen molar-refractivity contribution in [2.24, 2.45) is 5.92 Å². The molecule has 0 fully saturated rings. The molecule has 1 aromatic carbocycles. The second-order valence-corrected chi connectivity index (χ2v) is 6.88. The predicted octanol–water partition coefficient (Wildman–Crippen LogP) is 3.16. The van der Waals surface area contributed by atoms with Crippen molar-refractivity contribution in [1.82, 2.24) is 5.32 Å². The first-order valence-electron chi connectivity index (χ1n) is 8.68. The molecule has 2 rings (SSSR count). The lowest BCUT2D eigenvalue weighted by atomic mass is 10.1. The van der Waals surface area contributed by atoms with E-state index < -0.39 is 11.9 Å². The topological polar surface area (TPSA) is 109 Å². The molecule has 0 aliphatic carbocycles. The number of benzene rings is 1. The average Bonchev–Trinajstić information content (AvgIpc) is 2.94. The Morgan fingerprint density at radius 1 is 1.11 bits per heavy atom. The summed E-state index contributed by atoms with van der Waals surface area (Å²) in [5.41, 5.74) is 2.56. The third-order valence-corrected chi connectivity index (χ3v) is 4.00. The maximum absolute atomic E-state index is 12.6. The zero-order valence-electron chi connectivity index (χ0n) is 15.9. The minimum atomic E-state index is -1.08. The van der Waals surface area contributed by atoms with Crippen LogP contribution < -0.4 is 10.6 Å². The first kappa shape index (κ1) is 20.2. The maximum atomic E-state index is 12.6. The minimum Gasteiger partial charge on any atom is -0.481 e. The summed E-state index contributed by atoms with van der Waals surface area (Å²) in [5.74, 6) is -1.23. The van der Waals surface area contributed by atoms with Crippen LogP contribution in [0.1, 0.15) is 51.5 Å². The second-order valence-electron chi connectivity index (χ2n) is 6.88. The van der Waals surface area contributed by atoms with E-state index in [9.17, 15) is 14.4 Å². The van der Waals surface area contributed by atoms with Gasteiger partial charge >= 0.3 is 5.97 Å². The molecule has 0 unspecified atom stereocenters. The Kier molecular flexibility index (Phi) is 6.39. The minimum absolute atomic E-state index is 0.111. The van der Waals surface area contributed by atoms with Crippen molar-refractivity contribution in [2.45, 2.75) is 34.1 Å². The quantitative estimate of drug-likeness (QED) is 0.692. The number of rotatable bonds is 7. The third-order valence-electron chi connectivity index (χ3n) is 4.00. The van der Waals surface area contributed by atoms with Gasteiger partial charge in [-0.3, -0.25) is 14.4 Å². The van der Waals surface area contributed by atoms with Gasteiger partial charge in [-0.15, -0.1) is 0 Å². The van der Waals surface area contributed by atoms with Crippen LogP contribution in [0.15, 0.2) is 28.9 Å². The molecule has 2 aromatic rings. The smallest absolute Gasteiger partial charge is 0.311 e. The van der Waals surface area contributed by atoms with E-state index in [2.05, 4.69) is 10.6 Å². The molecular formula is C20H24N2O5. The number of amides is 2. The highest BCUT2D eigenvalue weighted by molar-refractivity contribution is 6.07. The van der Waals surface area contributed by atoms with Gasteiger partial charge in [-0.1, -0.05) is 13.8 Å². The predicted molar refractivity (Wildman–Crippen MR) is 101 cm³/mol. The summed E-state index contributed by atoms with van der Waals surface area (Å²) < 4.78 is 5.20. The van der Waals surface area contributed by atoms with E-state index >= 15 is 0 Å². The number of hydrogen-bond donors (Lipinski definition) is 3. The highest BCUT2D eigenvalue weighted by Crippen LogP contribution is 2.22. The summed E-state index contributed by atoms with van der Waals surface area (Å²) in [6, 6.07) is 4.99. The number of hydrogen-bond acceptors (Lipinski definition) is 4. The van der Waals surface area contributed by atoms with Crippen LogP contribution in [0.25, 0.3) is 0 Å². The second kappa shape index (κ2) is 8.53. The number of furan rings is 1. The Labute approximate surface area is 157 Å². The SMILES string of the molecule is Cc1cc(C(=O)NCC(C)C)ccc1NC(=O)c1c(C)coc1CC(=O)O. The first-order valence-corrected chi connectivity index (χ1v) is 8.68. The molecule has 7 nitrogen and oxygen atoms in total. The molecule has 0 aliphatic rings. The van der Waals surface area contributed by atoms with E-state index in [1.54, 1.807) is 32.0 Å². The lowest BCUT2D eigenvalue weighted by Crippen LogP contribution is -2.27. The van der Waals surface area contributed by atoms with Crippen molar-refractivity contribution in [3.05, 3.63) is 52.5 Å². The van der Waals surface area contributed by atoms with Gasteiger partial charge in [0.25, 0.3) is 11.8 Å². The van der Waals surface area contributed by atoms with Crippen LogP contribution in [0, 0.1) is 19.8 Å². The molecule has 27 heavy (non-hydrogen) atoms. The molecule has 0 bridgehead atoms. The van der Waals surface area contributed by atoms with Crippen LogP contribution in [0.5, 0.6) is 0 Å². The maximum Gasteiger partial charge on any atom is 0.311 e. The molecule has 3 N–H and O–H groups in total. The van der Waals surface area contributed by atoms with Crippen molar-refractivity contribution < 1.29 is 23.9 Å². The number of aliphatic carboxylic acids is 1. The van der Waals surface area contributed by atoms with E-state index in [1.807, 2.05) is 13.8 Å². The Balaban J connectivity index is 2.16. The fourth-order valence-corrected chi connectivity index (χ4v) is 2.60. The van der Waals surface area contributed by atoms with Gasteiger partial charge in [0.15, 0.2) is 0 Å². The molecule has 1 heterocycles. The molecule has 1 aromatic heterocycles. The molecule has 0 spiro atoms. The molecular weight excluding hydrogens is 348 g/mol. The lowest BCUT2D eigenvalue weighted by molar-refractivity contribution is -0.136. The van der Waals surface area contributed by atoms with E-state index in [4.69, 9.17) is 9.52 Å². The van der Waals surface area contributed by atoms with Crippen molar-refractivity contribution in [1.29, 1.82) is 0 Å². The summed E-state index contributed by atoms with van der Waals surface area (Å²) in [6.45, 7) is 8.08. The highest BCUT2D eigenvalue weighted by atomic mass is 16.4. The van der Waals surface area contributed by atoms with E-state index in [0.717, 1.165) is 5.56 Å². The molecule has 0 saturated heterocycles. The van der Waals surface area contributed by atoms with E-state index in [0.29, 0.717) is 29.3 Å². The Morgan fingerprint density at radius 3 is 2.41 bits per heavy atom. The Hall–Kier alpha value is -3.09. The molecule has 0 aliphatic heterocycles. The lowest BCUT2D eigenvalue weighted by Gasteiger charge is -2.12. The fourth-order valence-electron chi connectivity index (χ4n) is 2.60. The Morgan fingerprint density at radius 2 is 1.81 bits per heavy atom. The van der Waals surface area contributed by atoms with Gasteiger partial charge in [0, 0.05) is 23.4 Å². The van der Waals surface area contributed by atoms with Gasteiger partial charge in [0.1, 0.15) is 12.2 Å². The first-order chi connectivity index (χ1) is 12.7. The number of nitrogens with one attached hydrogen (secondary N) is 2. The summed E-state index contributed by atoms with van der Waals surface area (Å²) in [5, 5.41) is 14.6. The molecule has 0 radical (unpaired) electrons. The zero-order chi connectivity index (χ0) is 20.1. The number of aryl methyl sites for hydroxylation is 2. The van der Waals surface area contributed by atoms with Crippen molar-refractivity contribution in [2.75, 3.05) is 11.9 Å². The van der Waals surface area contributed by atoms with Gasteiger partial charge in [0.05, 0.1) is 11.8 Å². The number of carboxylic acid groups (broad SMARTS) is 1. The zero-order valence-corrected chi connectivity index (χ0v) is 15.9. The number of anilines is 1. The van der Waals surface area contributed by atoms with Crippen molar-refractivity contribution in [3.63, 3.8) is 0 Å². The Bertz CT molecular complexity index is 867. The van der Waals surface area contributed by atoms with Gasteiger partial charge < -0.3 is 20.2 Å². The highest BCUT2D eigenvalue weighted by Gasteiger charge is 2.21. The summed E-state index contributed by atoms with van der Waals surface area (Å²) in [4.78, 5) is 35.7. The van der Waals surface area contributed by atoms with Crippen LogP contribution in [-0.2, 0) is 11.2 Å². The van der Waals surface area contributed by atoms with Crippen LogP contribution in [0.3, 0.4) is 0 Å². The van der Waals surface area contributed by atoms with Crippen molar-refractivity contribution >= 4 is 23.5 Å². The standard InChI is InChI=1S/C20H24N2O5/c1-11(2)9-21-19(25)14-5-6-15(12(3)7-14)22-20(26)18-13(4)10-27-16(18)8-17(23)24/h5-7,10-11H,8-9H2,1-4H3,(H,21,25)(H,22,26)(H,23,24). The van der Waals surface area contributed by atoms with E-state index in [-0.39, 0.29) is 23.7 Å². The molecule has 0 saturated carbocycles. The average molecular weight is 372 g/mol. The largest absolute Gasteiger partial charge is 0.481 e. The van der Waals surface area contributed by atoms with E-state index in [1.165, 1.54) is 6.26 Å². The van der Waals surface area contributed by atoms with Crippen molar-refractivity contribution in [3.8, 4) is 0 Å². The van der Waals surface area contributed by atoms with Crippen LogP contribution in [0.2, 0.25) is 0 Å². The van der Waals surface area contributed by atoms with Gasteiger partial charge in [-0.25, -0.2) is 0 Å². The van der Waals surface area contributed by atoms with Gasteiger partial charge in [0.2, 0.25) is 0 Å². The third kappa shape index (κ3) is 5.20. The monoisotopic (exact) mass is 372 g/mol. The number of carbonyl (C=O) groups is 3. The summed E-state index contributed by atoms with van der Waals surface area (Å²) in [7, 11) is 0. The summed E-state index contributed by atoms with van der Waals surface area (Å²) >= 11 is 0.